The van der Waals surface area contributed by atoms with E-state index in [4.69, 9.17) is 9.47 Å². The van der Waals surface area contributed by atoms with Gasteiger partial charge in [-0.15, -0.1) is 0 Å². The largest absolute Gasteiger partial charge is 0.493 e. The maximum absolute atomic E-state index is 12.4. The van der Waals surface area contributed by atoms with Gasteiger partial charge >= 0.3 is 0 Å². The van der Waals surface area contributed by atoms with Crippen LogP contribution in [0.2, 0.25) is 0 Å². The van der Waals surface area contributed by atoms with E-state index in [2.05, 4.69) is 5.32 Å². The lowest BCUT2D eigenvalue weighted by molar-refractivity contribution is -0.112. The topological polar surface area (TPSA) is 71.3 Å². The van der Waals surface area contributed by atoms with Crippen LogP contribution in [0.3, 0.4) is 0 Å². The van der Waals surface area contributed by atoms with Crippen LogP contribution in [0.15, 0.2) is 42.0 Å². The first-order valence-electron chi connectivity index (χ1n) is 7.71. The Morgan fingerprint density at radius 1 is 1.12 bits per heavy atom. The first-order chi connectivity index (χ1) is 12.0. The van der Waals surface area contributed by atoms with Gasteiger partial charge in [-0.05, 0) is 49.2 Å². The van der Waals surface area contributed by atoms with Gasteiger partial charge in [-0.25, -0.2) is 0 Å². The van der Waals surface area contributed by atoms with E-state index in [9.17, 15) is 10.1 Å². The standard InChI is InChI=1S/C20H20N2O3/c1-13-8-9-17(10-14(13)2)22-20(23)16(12-21)11-15-6-5-7-18(24-3)19(15)25-4/h5-11H,1-4H3,(H,22,23)/b16-11+. The van der Waals surface area contributed by atoms with Crippen LogP contribution >= 0.6 is 0 Å². The van der Waals surface area contributed by atoms with Gasteiger partial charge in [-0.1, -0.05) is 18.2 Å². The van der Waals surface area contributed by atoms with Gasteiger partial charge in [0.25, 0.3) is 5.91 Å². The van der Waals surface area contributed by atoms with Gasteiger partial charge in [0.05, 0.1) is 14.2 Å². The molecule has 0 saturated carbocycles. The predicted molar refractivity (Wildman–Crippen MR) is 97.7 cm³/mol. The Bertz CT molecular complexity index is 864. The quantitative estimate of drug-likeness (QED) is 0.665. The van der Waals surface area contributed by atoms with Gasteiger partial charge in [-0.3, -0.25) is 4.79 Å². The number of methoxy groups -OCH3 is 2. The molecule has 0 atom stereocenters. The molecule has 5 nitrogen and oxygen atoms in total. The van der Waals surface area contributed by atoms with Gasteiger partial charge in [0.2, 0.25) is 0 Å². The van der Waals surface area contributed by atoms with Crippen LogP contribution in [0.5, 0.6) is 11.5 Å². The molecule has 0 fully saturated rings. The molecule has 0 heterocycles. The monoisotopic (exact) mass is 336 g/mol. The molecule has 0 bridgehead atoms. The molecule has 2 rings (SSSR count). The summed E-state index contributed by atoms with van der Waals surface area (Å²) >= 11 is 0. The molecule has 1 amide bonds. The van der Waals surface area contributed by atoms with Gasteiger partial charge in [-0.2, -0.15) is 5.26 Å². The molecule has 0 aromatic heterocycles. The maximum Gasteiger partial charge on any atom is 0.266 e. The van der Waals surface area contributed by atoms with Crippen LogP contribution < -0.4 is 14.8 Å². The third-order valence-electron chi connectivity index (χ3n) is 3.86. The molecular formula is C20H20N2O3. The van der Waals surface area contributed by atoms with Crippen LogP contribution in [0, 0.1) is 25.2 Å². The number of nitrogens with one attached hydrogen (secondary N) is 1. The summed E-state index contributed by atoms with van der Waals surface area (Å²) in [5, 5.41) is 12.1. The summed E-state index contributed by atoms with van der Waals surface area (Å²) in [5.74, 6) is 0.524. The lowest BCUT2D eigenvalue weighted by atomic mass is 10.1. The van der Waals surface area contributed by atoms with Gasteiger partial charge in [0.1, 0.15) is 11.6 Å². The molecule has 2 aromatic rings. The molecule has 0 aliphatic rings. The number of nitrogens with zero attached hydrogens (tertiary/aromatic N) is 1. The lowest BCUT2D eigenvalue weighted by Crippen LogP contribution is -2.13. The highest BCUT2D eigenvalue weighted by Crippen LogP contribution is 2.32. The molecule has 0 unspecified atom stereocenters. The van der Waals surface area contributed by atoms with Crippen molar-refractivity contribution in [2.75, 3.05) is 19.5 Å². The fraction of sp³-hybridized carbons (Fsp3) is 0.200. The molecule has 5 heteroatoms. The molecule has 128 valence electrons. The van der Waals surface area contributed by atoms with Crippen molar-refractivity contribution >= 4 is 17.7 Å². The molecule has 0 aliphatic heterocycles. The SMILES string of the molecule is COc1cccc(/C=C(\C#N)C(=O)Nc2ccc(C)c(C)c2)c1OC. The first-order valence-corrected chi connectivity index (χ1v) is 7.71. The van der Waals surface area contributed by atoms with E-state index in [1.165, 1.54) is 20.3 Å². The molecule has 0 saturated heterocycles. The Morgan fingerprint density at radius 2 is 1.88 bits per heavy atom. The van der Waals surface area contributed by atoms with E-state index in [0.717, 1.165) is 11.1 Å². The second-order valence-electron chi connectivity index (χ2n) is 5.51. The number of para-hydroxylation sites is 1. The molecule has 2 aromatic carbocycles. The Balaban J connectivity index is 2.33. The number of carbonyl (C=O) groups excluding carboxylic acids is 1. The van der Waals surface area contributed by atoms with E-state index in [0.29, 0.717) is 22.7 Å². The Morgan fingerprint density at radius 3 is 2.48 bits per heavy atom. The number of aryl methyl sites for hydroxylation is 2. The van der Waals surface area contributed by atoms with E-state index in [1.54, 1.807) is 24.3 Å². The zero-order chi connectivity index (χ0) is 18.4. The number of amides is 1. The molecule has 0 aliphatic carbocycles. The first kappa shape index (κ1) is 18.1. The normalized spacial score (nSPS) is 10.8. The summed E-state index contributed by atoms with van der Waals surface area (Å²) in [4.78, 5) is 12.4. The number of ether oxygens (including phenoxy) is 2. The van der Waals surface area contributed by atoms with Crippen molar-refractivity contribution in [2.45, 2.75) is 13.8 Å². The minimum Gasteiger partial charge on any atom is -0.493 e. The van der Waals surface area contributed by atoms with Crippen molar-refractivity contribution in [2.24, 2.45) is 0 Å². The number of hydrogen-bond donors (Lipinski definition) is 1. The number of carbonyl (C=O) groups is 1. The minimum atomic E-state index is -0.476. The number of rotatable bonds is 5. The summed E-state index contributed by atoms with van der Waals surface area (Å²) in [5.41, 5.74) is 3.41. The molecule has 0 spiro atoms. The third-order valence-corrected chi connectivity index (χ3v) is 3.86. The van der Waals surface area contributed by atoms with E-state index in [-0.39, 0.29) is 5.57 Å². The summed E-state index contributed by atoms with van der Waals surface area (Å²) in [7, 11) is 3.04. The van der Waals surface area contributed by atoms with Crippen LogP contribution in [-0.4, -0.2) is 20.1 Å². The number of anilines is 1. The zero-order valence-corrected chi connectivity index (χ0v) is 14.7. The molecular weight excluding hydrogens is 316 g/mol. The highest BCUT2D eigenvalue weighted by molar-refractivity contribution is 6.09. The second-order valence-corrected chi connectivity index (χ2v) is 5.51. The average Bonchev–Trinajstić information content (AvgIpc) is 2.62. The van der Waals surface area contributed by atoms with Gasteiger partial charge < -0.3 is 14.8 Å². The summed E-state index contributed by atoms with van der Waals surface area (Å²) < 4.78 is 10.6. The summed E-state index contributed by atoms with van der Waals surface area (Å²) in [6.45, 7) is 3.96. The Hall–Kier alpha value is -3.26. The van der Waals surface area contributed by atoms with Crippen LogP contribution in [-0.2, 0) is 4.79 Å². The zero-order valence-electron chi connectivity index (χ0n) is 14.7. The summed E-state index contributed by atoms with van der Waals surface area (Å²) in [6, 6.07) is 12.8. The highest BCUT2D eigenvalue weighted by atomic mass is 16.5. The highest BCUT2D eigenvalue weighted by Gasteiger charge is 2.13. The Labute approximate surface area is 147 Å². The van der Waals surface area contributed by atoms with Crippen molar-refractivity contribution in [1.82, 2.24) is 0 Å². The van der Waals surface area contributed by atoms with E-state index in [1.807, 2.05) is 32.0 Å². The smallest absolute Gasteiger partial charge is 0.266 e. The van der Waals surface area contributed by atoms with Crippen molar-refractivity contribution in [1.29, 1.82) is 5.26 Å². The number of hydrogen-bond acceptors (Lipinski definition) is 4. The number of benzene rings is 2. The average molecular weight is 336 g/mol. The van der Waals surface area contributed by atoms with Gasteiger partial charge in [0, 0.05) is 11.3 Å². The molecule has 25 heavy (non-hydrogen) atoms. The third kappa shape index (κ3) is 4.18. The van der Waals surface area contributed by atoms with E-state index < -0.39 is 5.91 Å². The summed E-state index contributed by atoms with van der Waals surface area (Å²) in [6.07, 6.45) is 1.48. The van der Waals surface area contributed by atoms with Crippen LogP contribution in [0.4, 0.5) is 5.69 Å². The fourth-order valence-electron chi connectivity index (χ4n) is 2.35. The Kier molecular flexibility index (Phi) is 5.80. The van der Waals surface area contributed by atoms with Crippen LogP contribution in [0.1, 0.15) is 16.7 Å². The van der Waals surface area contributed by atoms with Gasteiger partial charge in [0.15, 0.2) is 11.5 Å². The number of nitriles is 1. The van der Waals surface area contributed by atoms with Crippen molar-refractivity contribution < 1.29 is 14.3 Å². The minimum absolute atomic E-state index is 0.0234. The lowest BCUT2D eigenvalue weighted by Gasteiger charge is -2.11. The van der Waals surface area contributed by atoms with Crippen LogP contribution in [0.25, 0.3) is 6.08 Å². The predicted octanol–water partition coefficient (Wildman–Crippen LogP) is 3.87. The second kappa shape index (κ2) is 8.02. The molecule has 1 N–H and O–H groups in total. The molecule has 0 radical (unpaired) electrons. The maximum atomic E-state index is 12.4. The van der Waals surface area contributed by atoms with Crippen molar-refractivity contribution in [3.05, 3.63) is 58.7 Å². The van der Waals surface area contributed by atoms with Crippen molar-refractivity contribution in [3.8, 4) is 17.6 Å². The van der Waals surface area contributed by atoms with E-state index >= 15 is 0 Å². The fourth-order valence-corrected chi connectivity index (χ4v) is 2.35. The van der Waals surface area contributed by atoms with Crippen molar-refractivity contribution in [3.63, 3.8) is 0 Å².